The second-order valence-electron chi connectivity index (χ2n) is 4.87. The molecule has 0 saturated heterocycles. The minimum atomic E-state index is 0.228. The number of thioether (sulfide) groups is 1. The number of rotatable bonds is 4. The van der Waals surface area contributed by atoms with Crippen molar-refractivity contribution in [2.75, 3.05) is 19.0 Å². The molecule has 0 unspecified atom stereocenters. The molecule has 0 amide bonds. The summed E-state index contributed by atoms with van der Waals surface area (Å²) in [4.78, 5) is 14.4. The van der Waals surface area contributed by atoms with Gasteiger partial charge in [-0.05, 0) is 31.0 Å². The quantitative estimate of drug-likeness (QED) is 0.809. The fraction of sp³-hybridized carbons (Fsp3) is 0.357. The molecule has 1 aromatic heterocycles. The first kappa shape index (κ1) is 15.1. The molecular formula is C14H17ClN4S. The first-order chi connectivity index (χ1) is 9.44. The van der Waals surface area contributed by atoms with E-state index in [-0.39, 0.29) is 5.28 Å². The van der Waals surface area contributed by atoms with Crippen molar-refractivity contribution in [2.24, 2.45) is 0 Å². The van der Waals surface area contributed by atoms with Gasteiger partial charge in [0.15, 0.2) is 5.16 Å². The zero-order valence-corrected chi connectivity index (χ0v) is 13.6. The molecule has 0 spiro atoms. The Labute approximate surface area is 128 Å². The second kappa shape index (κ2) is 6.41. The number of halogens is 1. The predicted octanol–water partition coefficient (Wildman–Crippen LogP) is 3.50. The molecule has 4 nitrogen and oxygen atoms in total. The van der Waals surface area contributed by atoms with Gasteiger partial charge in [0.25, 0.3) is 0 Å². The number of hydrogen-bond donors (Lipinski definition) is 0. The number of nitrogens with zero attached hydrogens (tertiary/aromatic N) is 4. The standard InChI is InChI=1S/C14H17ClN4S/c1-9-5-10(2)7-11(6-9)8-20-14-17-12(15)16-13(18-14)19(3)4/h5-7H,8H2,1-4H3. The minimum Gasteiger partial charge on any atom is -0.347 e. The molecule has 1 aromatic carbocycles. The summed E-state index contributed by atoms with van der Waals surface area (Å²) in [5.41, 5.74) is 3.79. The zero-order valence-electron chi connectivity index (χ0n) is 12.0. The van der Waals surface area contributed by atoms with Gasteiger partial charge in [0, 0.05) is 19.8 Å². The van der Waals surface area contributed by atoms with E-state index in [1.807, 2.05) is 19.0 Å². The van der Waals surface area contributed by atoms with E-state index in [0.29, 0.717) is 11.1 Å². The maximum Gasteiger partial charge on any atom is 0.230 e. The van der Waals surface area contributed by atoms with Crippen LogP contribution >= 0.6 is 23.4 Å². The molecule has 6 heteroatoms. The Morgan fingerprint density at radius 3 is 2.30 bits per heavy atom. The Morgan fingerprint density at radius 2 is 1.70 bits per heavy atom. The van der Waals surface area contributed by atoms with E-state index >= 15 is 0 Å². The highest BCUT2D eigenvalue weighted by Gasteiger charge is 2.07. The molecule has 0 aliphatic heterocycles. The van der Waals surface area contributed by atoms with Crippen molar-refractivity contribution in [3.63, 3.8) is 0 Å². The van der Waals surface area contributed by atoms with E-state index in [0.717, 1.165) is 5.75 Å². The molecule has 0 N–H and O–H groups in total. The van der Waals surface area contributed by atoms with Crippen LogP contribution in [0.4, 0.5) is 5.95 Å². The first-order valence-electron chi connectivity index (χ1n) is 6.23. The Kier molecular flexibility index (Phi) is 4.83. The van der Waals surface area contributed by atoms with Crippen molar-refractivity contribution in [1.82, 2.24) is 15.0 Å². The number of hydrogen-bond acceptors (Lipinski definition) is 5. The predicted molar refractivity (Wildman–Crippen MR) is 84.6 cm³/mol. The van der Waals surface area contributed by atoms with Crippen LogP contribution in [0.3, 0.4) is 0 Å². The fourth-order valence-electron chi connectivity index (χ4n) is 1.89. The van der Waals surface area contributed by atoms with Gasteiger partial charge in [0.05, 0.1) is 0 Å². The average molecular weight is 309 g/mol. The highest BCUT2D eigenvalue weighted by Crippen LogP contribution is 2.23. The maximum atomic E-state index is 5.92. The summed E-state index contributed by atoms with van der Waals surface area (Å²) >= 11 is 7.49. The monoisotopic (exact) mass is 308 g/mol. The molecule has 20 heavy (non-hydrogen) atoms. The normalized spacial score (nSPS) is 10.7. The Balaban J connectivity index is 2.14. The van der Waals surface area contributed by atoms with E-state index in [9.17, 15) is 0 Å². The lowest BCUT2D eigenvalue weighted by Crippen LogP contribution is -2.13. The summed E-state index contributed by atoms with van der Waals surface area (Å²) in [7, 11) is 3.76. The third-order valence-corrected chi connectivity index (χ3v) is 3.71. The van der Waals surface area contributed by atoms with Crippen molar-refractivity contribution in [1.29, 1.82) is 0 Å². The van der Waals surface area contributed by atoms with Crippen LogP contribution in [-0.2, 0) is 5.75 Å². The smallest absolute Gasteiger partial charge is 0.230 e. The van der Waals surface area contributed by atoms with E-state index in [1.54, 1.807) is 11.8 Å². The lowest BCUT2D eigenvalue weighted by atomic mass is 10.1. The van der Waals surface area contributed by atoms with Crippen LogP contribution in [0.2, 0.25) is 5.28 Å². The molecule has 0 atom stereocenters. The van der Waals surface area contributed by atoms with Gasteiger partial charge >= 0.3 is 0 Å². The van der Waals surface area contributed by atoms with Crippen LogP contribution in [-0.4, -0.2) is 29.0 Å². The third-order valence-electron chi connectivity index (χ3n) is 2.63. The van der Waals surface area contributed by atoms with Gasteiger partial charge in [-0.3, -0.25) is 0 Å². The third kappa shape index (κ3) is 4.08. The summed E-state index contributed by atoms with van der Waals surface area (Å²) in [5, 5.41) is 0.875. The van der Waals surface area contributed by atoms with Crippen LogP contribution in [0, 0.1) is 13.8 Å². The fourth-order valence-corrected chi connectivity index (χ4v) is 2.85. The number of aromatic nitrogens is 3. The number of aryl methyl sites for hydroxylation is 2. The van der Waals surface area contributed by atoms with Crippen molar-refractivity contribution < 1.29 is 0 Å². The molecule has 0 saturated carbocycles. The molecule has 0 radical (unpaired) electrons. The summed E-state index contributed by atoms with van der Waals surface area (Å²) in [5.74, 6) is 1.39. The molecular weight excluding hydrogens is 292 g/mol. The average Bonchev–Trinajstić information content (AvgIpc) is 2.34. The lowest BCUT2D eigenvalue weighted by Gasteiger charge is -2.11. The van der Waals surface area contributed by atoms with E-state index < -0.39 is 0 Å². The largest absolute Gasteiger partial charge is 0.347 e. The molecule has 0 aliphatic rings. The topological polar surface area (TPSA) is 41.9 Å². The molecule has 0 fully saturated rings. The minimum absolute atomic E-state index is 0.228. The van der Waals surface area contributed by atoms with E-state index in [2.05, 4.69) is 47.0 Å². The summed E-state index contributed by atoms with van der Waals surface area (Å²) < 4.78 is 0. The summed E-state index contributed by atoms with van der Waals surface area (Å²) in [6.45, 7) is 4.20. The van der Waals surface area contributed by atoms with Gasteiger partial charge in [0.2, 0.25) is 11.2 Å². The van der Waals surface area contributed by atoms with Gasteiger partial charge in [-0.2, -0.15) is 15.0 Å². The molecule has 2 rings (SSSR count). The van der Waals surface area contributed by atoms with Gasteiger partial charge in [-0.25, -0.2) is 0 Å². The van der Waals surface area contributed by atoms with Gasteiger partial charge < -0.3 is 4.90 Å². The van der Waals surface area contributed by atoms with E-state index in [1.165, 1.54) is 16.7 Å². The van der Waals surface area contributed by atoms with Gasteiger partial charge in [-0.15, -0.1) is 0 Å². The molecule has 1 heterocycles. The van der Waals surface area contributed by atoms with Crippen molar-refractivity contribution >= 4 is 29.3 Å². The van der Waals surface area contributed by atoms with E-state index in [4.69, 9.17) is 11.6 Å². The van der Waals surface area contributed by atoms with Crippen molar-refractivity contribution in [2.45, 2.75) is 24.8 Å². The zero-order chi connectivity index (χ0) is 14.7. The van der Waals surface area contributed by atoms with Gasteiger partial charge in [0.1, 0.15) is 0 Å². The van der Waals surface area contributed by atoms with Crippen LogP contribution in [0.15, 0.2) is 23.4 Å². The highest BCUT2D eigenvalue weighted by molar-refractivity contribution is 7.98. The van der Waals surface area contributed by atoms with Crippen molar-refractivity contribution in [3.05, 3.63) is 40.2 Å². The number of benzene rings is 1. The Hall–Kier alpha value is -1.33. The summed E-state index contributed by atoms with van der Waals surface area (Å²) in [6, 6.07) is 6.52. The number of anilines is 1. The highest BCUT2D eigenvalue weighted by atomic mass is 35.5. The molecule has 106 valence electrons. The SMILES string of the molecule is Cc1cc(C)cc(CSc2nc(Cl)nc(N(C)C)n2)c1. The second-order valence-corrected chi connectivity index (χ2v) is 6.15. The van der Waals surface area contributed by atoms with Crippen LogP contribution in [0.5, 0.6) is 0 Å². The molecule has 2 aromatic rings. The van der Waals surface area contributed by atoms with Crippen LogP contribution in [0.1, 0.15) is 16.7 Å². The first-order valence-corrected chi connectivity index (χ1v) is 7.59. The molecule has 0 bridgehead atoms. The lowest BCUT2D eigenvalue weighted by molar-refractivity contribution is 0.865. The summed E-state index contributed by atoms with van der Waals surface area (Å²) in [6.07, 6.45) is 0. The molecule has 0 aliphatic carbocycles. The Bertz CT molecular complexity index is 596. The van der Waals surface area contributed by atoms with Crippen LogP contribution in [0.25, 0.3) is 0 Å². The maximum absolute atomic E-state index is 5.92. The Morgan fingerprint density at radius 1 is 1.05 bits per heavy atom. The van der Waals surface area contributed by atoms with Crippen molar-refractivity contribution in [3.8, 4) is 0 Å². The van der Waals surface area contributed by atoms with Gasteiger partial charge in [-0.1, -0.05) is 41.1 Å². The van der Waals surface area contributed by atoms with Crippen LogP contribution < -0.4 is 4.90 Å².